The third-order valence-corrected chi connectivity index (χ3v) is 6.90. The van der Waals surface area contributed by atoms with E-state index < -0.39 is 9.84 Å². The highest BCUT2D eigenvalue weighted by Gasteiger charge is 2.20. The molecule has 148 valence electrons. The number of sulfone groups is 1. The van der Waals surface area contributed by atoms with Gasteiger partial charge < -0.3 is 9.47 Å². The van der Waals surface area contributed by atoms with E-state index in [-0.39, 0.29) is 11.5 Å². The van der Waals surface area contributed by atoms with Crippen LogP contribution >= 0.6 is 22.9 Å². The standard InChI is InChI=1S/C19H24ClNO4S2/c1-13(2)4-5-18-21-15(10-26-18)12-27(22,23)11-14-8-16(20)19-17(9-14)24-6-3-7-25-19/h8-10,13H,3-7,11-12H2,1-2H3. The summed E-state index contributed by atoms with van der Waals surface area (Å²) in [7, 11) is -3.37. The largest absolute Gasteiger partial charge is 0.489 e. The second-order valence-corrected chi connectivity index (χ2v) is 10.6. The molecule has 3 rings (SSSR count). The monoisotopic (exact) mass is 429 g/mol. The normalized spacial score (nSPS) is 14.4. The smallest absolute Gasteiger partial charge is 0.179 e. The van der Waals surface area contributed by atoms with Gasteiger partial charge in [-0.05, 0) is 36.5 Å². The van der Waals surface area contributed by atoms with E-state index in [9.17, 15) is 8.42 Å². The summed E-state index contributed by atoms with van der Waals surface area (Å²) >= 11 is 7.79. The van der Waals surface area contributed by atoms with Crippen molar-refractivity contribution >= 4 is 32.8 Å². The van der Waals surface area contributed by atoms with Crippen LogP contribution in [0.3, 0.4) is 0 Å². The second-order valence-electron chi connectivity index (χ2n) is 7.15. The molecule has 0 saturated carbocycles. The van der Waals surface area contributed by atoms with Gasteiger partial charge in [0.25, 0.3) is 0 Å². The van der Waals surface area contributed by atoms with Crippen molar-refractivity contribution in [3.8, 4) is 11.5 Å². The summed E-state index contributed by atoms with van der Waals surface area (Å²) < 4.78 is 36.5. The van der Waals surface area contributed by atoms with Crippen molar-refractivity contribution in [3.05, 3.63) is 38.8 Å². The van der Waals surface area contributed by atoms with Gasteiger partial charge in [-0.15, -0.1) is 11.3 Å². The second kappa shape index (κ2) is 8.80. The fraction of sp³-hybridized carbons (Fsp3) is 0.526. The van der Waals surface area contributed by atoms with Crippen molar-refractivity contribution in [1.82, 2.24) is 4.98 Å². The number of hydrogen-bond donors (Lipinski definition) is 0. The molecule has 1 aliphatic heterocycles. The number of fused-ring (bicyclic) bond motifs is 1. The molecule has 1 aromatic carbocycles. The molecular weight excluding hydrogens is 406 g/mol. The molecule has 0 radical (unpaired) electrons. The molecule has 2 aromatic rings. The number of halogens is 1. The van der Waals surface area contributed by atoms with Gasteiger partial charge in [0.1, 0.15) is 0 Å². The SMILES string of the molecule is CC(C)CCc1nc(CS(=O)(=O)Cc2cc(Cl)c3c(c2)OCCCO3)cs1. The lowest BCUT2D eigenvalue weighted by atomic mass is 10.1. The number of ether oxygens (including phenoxy) is 2. The summed E-state index contributed by atoms with van der Waals surface area (Å²) in [5.74, 6) is 1.42. The minimum atomic E-state index is -3.37. The summed E-state index contributed by atoms with van der Waals surface area (Å²) in [6, 6.07) is 3.35. The van der Waals surface area contributed by atoms with Crippen LogP contribution in [0.1, 0.15) is 43.0 Å². The van der Waals surface area contributed by atoms with Gasteiger partial charge in [-0.2, -0.15) is 0 Å². The molecule has 0 N–H and O–H groups in total. The molecule has 0 fully saturated rings. The summed E-state index contributed by atoms with van der Waals surface area (Å²) in [4.78, 5) is 4.48. The lowest BCUT2D eigenvalue weighted by Crippen LogP contribution is -2.08. The van der Waals surface area contributed by atoms with Gasteiger partial charge in [-0.25, -0.2) is 13.4 Å². The number of thiazole rings is 1. The molecule has 2 heterocycles. The molecule has 1 aliphatic rings. The van der Waals surface area contributed by atoms with Crippen molar-refractivity contribution in [2.45, 2.75) is 44.6 Å². The zero-order valence-corrected chi connectivity index (χ0v) is 17.9. The number of rotatable bonds is 7. The van der Waals surface area contributed by atoms with Crippen molar-refractivity contribution < 1.29 is 17.9 Å². The van der Waals surface area contributed by atoms with E-state index in [4.69, 9.17) is 21.1 Å². The first kappa shape index (κ1) is 20.4. The van der Waals surface area contributed by atoms with Crippen LogP contribution < -0.4 is 9.47 Å². The average molecular weight is 430 g/mol. The Kier molecular flexibility index (Phi) is 6.65. The lowest BCUT2D eigenvalue weighted by molar-refractivity contribution is 0.297. The minimum absolute atomic E-state index is 0.0722. The van der Waals surface area contributed by atoms with Crippen LogP contribution in [0.2, 0.25) is 5.02 Å². The Labute approximate surface area is 169 Å². The Morgan fingerprint density at radius 1 is 1.22 bits per heavy atom. The van der Waals surface area contributed by atoms with Gasteiger partial charge in [0.2, 0.25) is 0 Å². The molecule has 8 heteroatoms. The van der Waals surface area contributed by atoms with Crippen molar-refractivity contribution in [2.75, 3.05) is 13.2 Å². The summed E-state index contributed by atoms with van der Waals surface area (Å²) in [5.41, 5.74) is 1.21. The van der Waals surface area contributed by atoms with Crippen molar-refractivity contribution in [3.63, 3.8) is 0 Å². The third kappa shape index (κ3) is 5.83. The van der Waals surface area contributed by atoms with E-state index in [2.05, 4.69) is 18.8 Å². The maximum Gasteiger partial charge on any atom is 0.179 e. The molecule has 1 aromatic heterocycles. The Hall–Kier alpha value is -1.31. The van der Waals surface area contributed by atoms with Crippen LogP contribution in [0.15, 0.2) is 17.5 Å². The van der Waals surface area contributed by atoms with Gasteiger partial charge in [-0.1, -0.05) is 25.4 Å². The van der Waals surface area contributed by atoms with Gasteiger partial charge >= 0.3 is 0 Å². The van der Waals surface area contributed by atoms with E-state index in [0.717, 1.165) is 24.3 Å². The van der Waals surface area contributed by atoms with Crippen LogP contribution in [0.4, 0.5) is 0 Å². The van der Waals surface area contributed by atoms with Crippen molar-refractivity contribution in [2.24, 2.45) is 5.92 Å². The predicted molar refractivity (Wildman–Crippen MR) is 109 cm³/mol. The number of hydrogen-bond acceptors (Lipinski definition) is 6. The Bertz CT molecular complexity index is 893. The number of aryl methyl sites for hydroxylation is 1. The van der Waals surface area contributed by atoms with E-state index >= 15 is 0 Å². The maximum absolute atomic E-state index is 12.6. The van der Waals surface area contributed by atoms with Crippen LogP contribution in [0.25, 0.3) is 0 Å². The average Bonchev–Trinajstić information content (AvgIpc) is 2.86. The zero-order chi connectivity index (χ0) is 19.4. The van der Waals surface area contributed by atoms with Gasteiger partial charge in [0.15, 0.2) is 21.3 Å². The Morgan fingerprint density at radius 2 is 2.00 bits per heavy atom. The van der Waals surface area contributed by atoms with Crippen LogP contribution in [-0.4, -0.2) is 26.6 Å². The van der Waals surface area contributed by atoms with Gasteiger partial charge in [-0.3, -0.25) is 0 Å². The van der Waals surface area contributed by atoms with E-state index in [1.165, 1.54) is 11.3 Å². The van der Waals surface area contributed by atoms with E-state index in [1.54, 1.807) is 12.1 Å². The van der Waals surface area contributed by atoms with Gasteiger partial charge in [0, 0.05) is 11.8 Å². The maximum atomic E-state index is 12.6. The molecule has 0 unspecified atom stereocenters. The predicted octanol–water partition coefficient (Wildman–Crippen LogP) is 4.66. The molecule has 0 atom stereocenters. The Morgan fingerprint density at radius 3 is 2.78 bits per heavy atom. The molecule has 0 amide bonds. The molecule has 0 saturated heterocycles. The van der Waals surface area contributed by atoms with E-state index in [1.807, 2.05) is 5.38 Å². The summed E-state index contributed by atoms with van der Waals surface area (Å²) in [5, 5.41) is 3.21. The van der Waals surface area contributed by atoms with Crippen LogP contribution in [0, 0.1) is 5.92 Å². The summed E-state index contributed by atoms with van der Waals surface area (Å²) in [6.07, 6.45) is 2.71. The molecule has 0 spiro atoms. The zero-order valence-electron chi connectivity index (χ0n) is 15.5. The van der Waals surface area contributed by atoms with Crippen molar-refractivity contribution in [1.29, 1.82) is 0 Å². The molecule has 5 nitrogen and oxygen atoms in total. The molecule has 0 bridgehead atoms. The van der Waals surface area contributed by atoms with Crippen LogP contribution in [0.5, 0.6) is 11.5 Å². The first-order valence-corrected chi connectivity index (χ1v) is 12.1. The summed E-state index contributed by atoms with van der Waals surface area (Å²) in [6.45, 7) is 5.39. The van der Waals surface area contributed by atoms with Gasteiger partial charge in [0.05, 0.1) is 40.4 Å². The Balaban J connectivity index is 1.69. The van der Waals surface area contributed by atoms with E-state index in [0.29, 0.717) is 46.9 Å². The number of nitrogens with zero attached hydrogens (tertiary/aromatic N) is 1. The minimum Gasteiger partial charge on any atom is -0.489 e. The fourth-order valence-corrected chi connectivity index (χ4v) is 5.42. The number of benzene rings is 1. The highest BCUT2D eigenvalue weighted by atomic mass is 35.5. The van der Waals surface area contributed by atoms with Crippen LogP contribution in [-0.2, 0) is 27.8 Å². The quantitative estimate of drug-likeness (QED) is 0.640. The first-order valence-electron chi connectivity index (χ1n) is 9.04. The highest BCUT2D eigenvalue weighted by Crippen LogP contribution is 2.38. The topological polar surface area (TPSA) is 65.5 Å². The molecule has 0 aliphatic carbocycles. The highest BCUT2D eigenvalue weighted by molar-refractivity contribution is 7.89. The molecular formula is C19H24ClNO4S2. The first-order chi connectivity index (χ1) is 12.8. The number of aromatic nitrogens is 1. The third-order valence-electron chi connectivity index (χ3n) is 4.15. The lowest BCUT2D eigenvalue weighted by Gasteiger charge is -2.11. The molecule has 27 heavy (non-hydrogen) atoms. The fourth-order valence-electron chi connectivity index (χ4n) is 2.84.